The number of hydrogen-bond donors (Lipinski definition) is 4. The van der Waals surface area contributed by atoms with Crippen molar-refractivity contribution < 1.29 is 42.3 Å². The standard InChI is InChI=1S/C40H37F2N4O7PS2/c1-39(2,3)34(44-36(48)32-19-26-17-27(14-16-31(26)55-32)40(41,42)54(50,51)52)37(49)46-22-29(53-28-15-13-23-9-7-8-12-25(23)18-28)20-30(46)35(47)45-38-43-21-33(56-38)24-10-5-4-6-11-24/h4-19,21,29-30,34H,20,22H2,1-3H3,(H,44,48)(H,43,45,47)(H2,50,51,52)/t29-,30+,34?/m1/s1. The summed E-state index contributed by atoms with van der Waals surface area (Å²) >= 11 is 2.27. The minimum absolute atomic E-state index is 0.0405. The number of nitrogens with one attached hydrogen (secondary N) is 2. The van der Waals surface area contributed by atoms with Gasteiger partial charge in [0.15, 0.2) is 5.13 Å². The van der Waals surface area contributed by atoms with Gasteiger partial charge in [0.25, 0.3) is 5.91 Å². The summed E-state index contributed by atoms with van der Waals surface area (Å²) in [5.41, 5.74) is -5.24. The zero-order valence-electron chi connectivity index (χ0n) is 30.3. The summed E-state index contributed by atoms with van der Waals surface area (Å²) in [7, 11) is -5.81. The summed E-state index contributed by atoms with van der Waals surface area (Å²) < 4.78 is 47.2. The lowest BCUT2D eigenvalue weighted by Crippen LogP contribution is -2.57. The molecule has 16 heteroatoms. The van der Waals surface area contributed by atoms with Crippen molar-refractivity contribution in [3.05, 3.63) is 114 Å². The quantitative estimate of drug-likeness (QED) is 0.101. The molecule has 0 spiro atoms. The number of thiophene rings is 1. The number of halogens is 2. The molecule has 3 heterocycles. The molecule has 3 atom stereocenters. The molecule has 4 N–H and O–H groups in total. The molecule has 0 aliphatic carbocycles. The van der Waals surface area contributed by atoms with E-state index in [1.54, 1.807) is 27.0 Å². The molecule has 0 bridgehead atoms. The fraction of sp³-hybridized carbons (Fsp3) is 0.250. The average Bonchev–Trinajstić information content (AvgIpc) is 3.91. The molecule has 0 saturated carbocycles. The number of aromatic nitrogens is 1. The van der Waals surface area contributed by atoms with E-state index in [4.69, 9.17) is 4.74 Å². The zero-order valence-corrected chi connectivity index (χ0v) is 32.8. The predicted octanol–water partition coefficient (Wildman–Crippen LogP) is 8.24. The number of carbonyl (C=O) groups excluding carboxylic acids is 3. The Morgan fingerprint density at radius 2 is 1.62 bits per heavy atom. The number of hydrogen-bond acceptors (Lipinski definition) is 8. The minimum atomic E-state index is -5.81. The van der Waals surface area contributed by atoms with Crippen LogP contribution in [0, 0.1) is 5.41 Å². The van der Waals surface area contributed by atoms with Gasteiger partial charge in [-0.3, -0.25) is 18.9 Å². The van der Waals surface area contributed by atoms with Crippen molar-refractivity contribution >= 4 is 74.0 Å². The summed E-state index contributed by atoms with van der Waals surface area (Å²) in [6, 6.07) is 25.4. The number of nitrogens with zero attached hydrogens (tertiary/aromatic N) is 2. The molecule has 1 aliphatic rings. The van der Waals surface area contributed by atoms with Gasteiger partial charge in [0.1, 0.15) is 23.9 Å². The average molecular weight is 819 g/mol. The largest absolute Gasteiger partial charge is 0.488 e. The topological polar surface area (TPSA) is 158 Å². The maximum atomic E-state index is 14.6. The highest BCUT2D eigenvalue weighted by atomic mass is 32.1. The van der Waals surface area contributed by atoms with Crippen LogP contribution in [0.4, 0.5) is 13.9 Å². The Hall–Kier alpha value is -5.05. The van der Waals surface area contributed by atoms with Crippen molar-refractivity contribution in [3.63, 3.8) is 0 Å². The Kier molecular flexibility index (Phi) is 10.6. The minimum Gasteiger partial charge on any atom is -0.488 e. The van der Waals surface area contributed by atoms with Gasteiger partial charge < -0.3 is 30.1 Å². The van der Waals surface area contributed by atoms with Crippen molar-refractivity contribution in [1.82, 2.24) is 15.2 Å². The second-order valence-electron chi connectivity index (χ2n) is 14.6. The van der Waals surface area contributed by atoms with Gasteiger partial charge in [-0.25, -0.2) is 4.98 Å². The van der Waals surface area contributed by atoms with Crippen LogP contribution in [0.15, 0.2) is 103 Å². The Balaban J connectivity index is 1.15. The summed E-state index contributed by atoms with van der Waals surface area (Å²) in [6.07, 6.45) is 1.25. The van der Waals surface area contributed by atoms with Crippen LogP contribution in [0.2, 0.25) is 0 Å². The lowest BCUT2D eigenvalue weighted by Gasteiger charge is -2.35. The van der Waals surface area contributed by atoms with Crippen molar-refractivity contribution in [2.45, 2.75) is 51.0 Å². The fourth-order valence-electron chi connectivity index (χ4n) is 6.59. The van der Waals surface area contributed by atoms with E-state index in [0.29, 0.717) is 15.6 Å². The van der Waals surface area contributed by atoms with Crippen LogP contribution < -0.4 is 15.4 Å². The third-order valence-electron chi connectivity index (χ3n) is 9.51. The van der Waals surface area contributed by atoms with Gasteiger partial charge in [-0.2, -0.15) is 8.78 Å². The van der Waals surface area contributed by atoms with Crippen LogP contribution in [0.25, 0.3) is 31.3 Å². The van der Waals surface area contributed by atoms with Crippen LogP contribution in [0.1, 0.15) is 42.4 Å². The third kappa shape index (κ3) is 8.09. The van der Waals surface area contributed by atoms with E-state index in [1.165, 1.54) is 28.4 Å². The molecule has 1 aliphatic heterocycles. The highest BCUT2D eigenvalue weighted by Gasteiger charge is 2.50. The second kappa shape index (κ2) is 15.1. The Bertz CT molecular complexity index is 2500. The van der Waals surface area contributed by atoms with E-state index in [9.17, 15) is 37.5 Å². The predicted molar refractivity (Wildman–Crippen MR) is 213 cm³/mol. The second-order valence-corrected chi connectivity index (χ2v) is 18.4. The highest BCUT2D eigenvalue weighted by Crippen LogP contribution is 2.59. The van der Waals surface area contributed by atoms with Crippen LogP contribution in [0.3, 0.4) is 0 Å². The molecule has 0 radical (unpaired) electrons. The van der Waals surface area contributed by atoms with E-state index < -0.39 is 60.1 Å². The molecule has 56 heavy (non-hydrogen) atoms. The van der Waals surface area contributed by atoms with Gasteiger partial charge in [0, 0.05) is 22.9 Å². The summed E-state index contributed by atoms with van der Waals surface area (Å²) in [4.78, 5) is 67.6. The molecule has 3 amide bonds. The van der Waals surface area contributed by atoms with Crippen LogP contribution in [-0.4, -0.2) is 62.1 Å². The number of likely N-dealkylation sites (tertiary alicyclic amines) is 1. The van der Waals surface area contributed by atoms with Crippen molar-refractivity contribution in [1.29, 1.82) is 0 Å². The van der Waals surface area contributed by atoms with Gasteiger partial charge in [0.05, 0.1) is 16.3 Å². The Morgan fingerprint density at radius 3 is 2.34 bits per heavy atom. The summed E-state index contributed by atoms with van der Waals surface area (Å²) in [6.45, 7) is 5.35. The molecule has 290 valence electrons. The Morgan fingerprint density at radius 1 is 0.911 bits per heavy atom. The van der Waals surface area contributed by atoms with E-state index in [-0.39, 0.29) is 23.2 Å². The van der Waals surface area contributed by atoms with E-state index in [2.05, 4.69) is 15.6 Å². The number of thiazole rings is 1. The first kappa shape index (κ1) is 39.2. The van der Waals surface area contributed by atoms with Crippen LogP contribution in [-0.2, 0) is 19.8 Å². The third-order valence-corrected chi connectivity index (χ3v) is 12.6. The number of alkyl halides is 2. The molecule has 7 rings (SSSR count). The van der Waals surface area contributed by atoms with Gasteiger partial charge in [0.2, 0.25) is 11.8 Å². The van der Waals surface area contributed by atoms with Gasteiger partial charge >= 0.3 is 13.3 Å². The first-order chi connectivity index (χ1) is 26.5. The number of anilines is 1. The van der Waals surface area contributed by atoms with E-state index in [1.807, 2.05) is 72.8 Å². The fourth-order valence-corrected chi connectivity index (χ4v) is 8.84. The lowest BCUT2D eigenvalue weighted by atomic mass is 9.85. The van der Waals surface area contributed by atoms with Gasteiger partial charge in [-0.15, -0.1) is 11.3 Å². The summed E-state index contributed by atoms with van der Waals surface area (Å²) in [5.74, 6) is -1.09. The van der Waals surface area contributed by atoms with Crippen LogP contribution in [0.5, 0.6) is 5.75 Å². The summed E-state index contributed by atoms with van der Waals surface area (Å²) in [5, 5.41) is 8.22. The highest BCUT2D eigenvalue weighted by molar-refractivity contribution is 7.52. The SMILES string of the molecule is CC(C)(C)C(NC(=O)c1cc2cc(C(F)(F)P(=O)(O)O)ccc2s1)C(=O)N1C[C@H](Oc2ccc3ccccc3c2)C[C@H]1C(=O)Nc1ncc(-c2ccccc2)s1. The number of ether oxygens (including phenoxy) is 1. The molecule has 11 nitrogen and oxygen atoms in total. The number of fused-ring (bicyclic) bond motifs is 2. The van der Waals surface area contributed by atoms with Gasteiger partial charge in [-0.05, 0) is 57.5 Å². The first-order valence-corrected chi connectivity index (χ1v) is 20.8. The van der Waals surface area contributed by atoms with E-state index >= 15 is 0 Å². The molecule has 6 aromatic rings. The smallest absolute Gasteiger partial charge is 0.399 e. The monoisotopic (exact) mass is 818 g/mol. The van der Waals surface area contributed by atoms with Crippen molar-refractivity contribution in [3.8, 4) is 16.2 Å². The number of rotatable bonds is 10. The maximum absolute atomic E-state index is 14.6. The number of amides is 3. The molecule has 1 saturated heterocycles. The molecule has 1 unspecified atom stereocenters. The van der Waals surface area contributed by atoms with Crippen molar-refractivity contribution in [2.24, 2.45) is 5.41 Å². The van der Waals surface area contributed by atoms with E-state index in [0.717, 1.165) is 44.7 Å². The normalized spacial score (nSPS) is 16.9. The maximum Gasteiger partial charge on any atom is 0.399 e. The van der Waals surface area contributed by atoms with Crippen molar-refractivity contribution in [2.75, 3.05) is 11.9 Å². The first-order valence-electron chi connectivity index (χ1n) is 17.5. The van der Waals surface area contributed by atoms with Gasteiger partial charge in [-0.1, -0.05) is 98.8 Å². The van der Waals surface area contributed by atoms with Crippen LogP contribution >= 0.6 is 30.3 Å². The molecular formula is C40H37F2N4O7PS2. The Labute approximate surface area is 328 Å². The molecular weight excluding hydrogens is 782 g/mol. The molecule has 1 fully saturated rings. The molecule has 4 aromatic carbocycles. The lowest BCUT2D eigenvalue weighted by molar-refractivity contribution is -0.140. The number of benzene rings is 4. The zero-order chi connectivity index (χ0) is 40.0. The number of carbonyl (C=O) groups is 3. The molecule has 2 aromatic heterocycles.